The van der Waals surface area contributed by atoms with Gasteiger partial charge >= 0.3 is 0 Å². The Labute approximate surface area is 185 Å². The van der Waals surface area contributed by atoms with E-state index in [4.69, 9.17) is 9.84 Å². The molecule has 0 unspecified atom stereocenters. The number of methoxy groups -OCH3 is 1. The quantitative estimate of drug-likeness (QED) is 0.470. The van der Waals surface area contributed by atoms with Crippen LogP contribution in [0.2, 0.25) is 0 Å². The molecule has 0 radical (unpaired) electrons. The molecule has 0 aliphatic carbocycles. The van der Waals surface area contributed by atoms with Crippen LogP contribution in [0.3, 0.4) is 0 Å². The largest absolute Gasteiger partial charge is 0.497 e. The van der Waals surface area contributed by atoms with E-state index in [0.717, 1.165) is 21.9 Å². The maximum Gasteiger partial charge on any atom is 0.271 e. The first-order valence-electron chi connectivity index (χ1n) is 9.89. The van der Waals surface area contributed by atoms with Gasteiger partial charge in [-0.2, -0.15) is 10.4 Å². The lowest BCUT2D eigenvalue weighted by atomic mass is 9.93. The summed E-state index contributed by atoms with van der Waals surface area (Å²) in [6, 6.07) is 19.0. The van der Waals surface area contributed by atoms with Gasteiger partial charge < -0.3 is 4.74 Å². The summed E-state index contributed by atoms with van der Waals surface area (Å²) < 4.78 is 6.98. The number of imide groups is 1. The molecular weight excluding hydrogens is 404 g/mol. The first kappa shape index (κ1) is 20.8. The summed E-state index contributed by atoms with van der Waals surface area (Å²) >= 11 is 0. The van der Waals surface area contributed by atoms with Crippen LogP contribution in [0.4, 0.5) is 0 Å². The SMILES string of the molecule is COc1ccc(-c2nn(-c3ccccc3)cc2/C=C2/C(=O)N(C)C(=O)C(C#N)=C2C)cc1. The summed E-state index contributed by atoms with van der Waals surface area (Å²) in [5, 5.41) is 14.2. The van der Waals surface area contributed by atoms with Crippen LogP contribution in [-0.4, -0.2) is 40.7 Å². The van der Waals surface area contributed by atoms with Gasteiger partial charge in [-0.15, -0.1) is 0 Å². The highest BCUT2D eigenvalue weighted by molar-refractivity contribution is 6.19. The number of hydrogen-bond donors (Lipinski definition) is 0. The van der Waals surface area contributed by atoms with Gasteiger partial charge in [0.1, 0.15) is 17.4 Å². The molecule has 2 heterocycles. The van der Waals surface area contributed by atoms with E-state index < -0.39 is 11.8 Å². The molecule has 0 saturated carbocycles. The third-order valence-electron chi connectivity index (χ3n) is 5.37. The number of amides is 2. The second-order valence-corrected chi connectivity index (χ2v) is 7.28. The van der Waals surface area contributed by atoms with Crippen LogP contribution >= 0.6 is 0 Å². The molecule has 3 aromatic rings. The van der Waals surface area contributed by atoms with Gasteiger partial charge in [-0.1, -0.05) is 18.2 Å². The zero-order valence-electron chi connectivity index (χ0n) is 17.9. The highest BCUT2D eigenvalue weighted by Gasteiger charge is 2.33. The Morgan fingerprint density at radius 2 is 1.72 bits per heavy atom. The number of nitriles is 1. The standard InChI is InChI=1S/C25H20N4O3/c1-16-21(24(30)28(2)25(31)22(16)14-26)13-18-15-29(19-7-5-4-6-8-19)27-23(18)17-9-11-20(32-3)12-10-17/h4-13,15H,1-3H3/b21-13+. The van der Waals surface area contributed by atoms with Gasteiger partial charge in [-0.25, -0.2) is 4.68 Å². The zero-order valence-corrected chi connectivity index (χ0v) is 17.9. The topological polar surface area (TPSA) is 88.2 Å². The molecule has 2 amide bonds. The molecule has 1 aliphatic heterocycles. The van der Waals surface area contributed by atoms with Crippen molar-refractivity contribution in [3.63, 3.8) is 0 Å². The van der Waals surface area contributed by atoms with Crippen LogP contribution in [-0.2, 0) is 9.59 Å². The maximum atomic E-state index is 12.9. The van der Waals surface area contributed by atoms with E-state index in [-0.39, 0.29) is 11.1 Å². The molecule has 0 fully saturated rings. The molecule has 0 N–H and O–H groups in total. The van der Waals surface area contributed by atoms with E-state index in [1.165, 1.54) is 7.05 Å². The predicted molar refractivity (Wildman–Crippen MR) is 120 cm³/mol. The lowest BCUT2D eigenvalue weighted by molar-refractivity contribution is -0.138. The molecule has 4 rings (SSSR count). The number of ether oxygens (including phenoxy) is 1. The average Bonchev–Trinajstić information content (AvgIpc) is 3.25. The molecule has 1 aliphatic rings. The Balaban J connectivity index is 1.92. The third kappa shape index (κ3) is 3.59. The fraction of sp³-hybridized carbons (Fsp3) is 0.120. The Bertz CT molecular complexity index is 1310. The van der Waals surface area contributed by atoms with Crippen LogP contribution in [0.15, 0.2) is 77.5 Å². The average molecular weight is 424 g/mol. The zero-order chi connectivity index (χ0) is 22.8. The number of likely N-dealkylation sites (N-methyl/N-ethyl adjacent to an activating group) is 1. The van der Waals surface area contributed by atoms with Crippen molar-refractivity contribution < 1.29 is 14.3 Å². The highest BCUT2D eigenvalue weighted by Crippen LogP contribution is 2.31. The Morgan fingerprint density at radius 1 is 1.03 bits per heavy atom. The van der Waals surface area contributed by atoms with Crippen molar-refractivity contribution in [2.45, 2.75) is 6.92 Å². The molecule has 0 spiro atoms. The fourth-order valence-electron chi connectivity index (χ4n) is 3.53. The minimum atomic E-state index is -0.595. The summed E-state index contributed by atoms with van der Waals surface area (Å²) in [6.07, 6.45) is 3.51. The number of benzene rings is 2. The second kappa shape index (κ2) is 8.36. The number of hydrogen-bond acceptors (Lipinski definition) is 5. The van der Waals surface area contributed by atoms with Gasteiger partial charge in [0.15, 0.2) is 0 Å². The van der Waals surface area contributed by atoms with Crippen molar-refractivity contribution >= 4 is 17.9 Å². The molecule has 7 nitrogen and oxygen atoms in total. The summed E-state index contributed by atoms with van der Waals surface area (Å²) in [5.41, 5.74) is 3.63. The normalized spacial score (nSPS) is 15.3. The molecule has 32 heavy (non-hydrogen) atoms. The van der Waals surface area contributed by atoms with Gasteiger partial charge in [0.05, 0.1) is 18.5 Å². The summed E-state index contributed by atoms with van der Waals surface area (Å²) in [5.74, 6) is -0.335. The van der Waals surface area contributed by atoms with Crippen molar-refractivity contribution in [3.8, 4) is 28.8 Å². The van der Waals surface area contributed by atoms with Gasteiger partial charge in [-0.3, -0.25) is 14.5 Å². The minimum Gasteiger partial charge on any atom is -0.497 e. The lowest BCUT2D eigenvalue weighted by Crippen LogP contribution is -2.39. The van der Waals surface area contributed by atoms with Crippen LogP contribution in [0.1, 0.15) is 12.5 Å². The first-order valence-corrected chi connectivity index (χ1v) is 9.89. The number of aromatic nitrogens is 2. The van der Waals surface area contributed by atoms with Gasteiger partial charge in [-0.05, 0) is 55.0 Å². The Kier molecular flexibility index (Phi) is 5.44. The van der Waals surface area contributed by atoms with Crippen LogP contribution in [0.5, 0.6) is 5.75 Å². The molecule has 0 atom stereocenters. The Morgan fingerprint density at radius 3 is 2.34 bits per heavy atom. The second-order valence-electron chi connectivity index (χ2n) is 7.28. The molecule has 0 bridgehead atoms. The van der Waals surface area contributed by atoms with E-state index in [9.17, 15) is 14.9 Å². The van der Waals surface area contributed by atoms with Crippen molar-refractivity contribution in [3.05, 3.63) is 83.1 Å². The lowest BCUT2D eigenvalue weighted by Gasteiger charge is -2.23. The molecule has 1 aromatic heterocycles. The molecule has 2 aromatic carbocycles. The van der Waals surface area contributed by atoms with Crippen LogP contribution in [0, 0.1) is 11.3 Å². The monoisotopic (exact) mass is 424 g/mol. The van der Waals surface area contributed by atoms with Crippen LogP contribution in [0.25, 0.3) is 23.0 Å². The number of rotatable bonds is 4. The molecular formula is C25H20N4O3. The van der Waals surface area contributed by atoms with E-state index in [0.29, 0.717) is 16.8 Å². The highest BCUT2D eigenvalue weighted by atomic mass is 16.5. The molecule has 0 saturated heterocycles. The maximum absolute atomic E-state index is 12.9. The number of carbonyl (C=O) groups is 2. The van der Waals surface area contributed by atoms with Gasteiger partial charge in [0.2, 0.25) is 0 Å². The number of para-hydroxylation sites is 1. The fourth-order valence-corrected chi connectivity index (χ4v) is 3.53. The van der Waals surface area contributed by atoms with E-state index in [1.807, 2.05) is 66.9 Å². The molecule has 158 valence electrons. The number of nitrogens with zero attached hydrogens (tertiary/aromatic N) is 4. The molecule has 7 heteroatoms. The summed E-state index contributed by atoms with van der Waals surface area (Å²) in [7, 11) is 2.98. The predicted octanol–water partition coefficient (Wildman–Crippen LogP) is 3.77. The minimum absolute atomic E-state index is 0.0419. The van der Waals surface area contributed by atoms with Gasteiger partial charge in [0, 0.05) is 29.9 Å². The van der Waals surface area contributed by atoms with Crippen molar-refractivity contribution in [1.82, 2.24) is 14.7 Å². The van der Waals surface area contributed by atoms with E-state index in [1.54, 1.807) is 24.8 Å². The van der Waals surface area contributed by atoms with Crippen molar-refractivity contribution in [1.29, 1.82) is 5.26 Å². The van der Waals surface area contributed by atoms with E-state index >= 15 is 0 Å². The van der Waals surface area contributed by atoms with Crippen LogP contribution < -0.4 is 4.74 Å². The first-order chi connectivity index (χ1) is 15.4. The number of carbonyl (C=O) groups excluding carboxylic acids is 2. The summed E-state index contributed by atoms with van der Waals surface area (Å²) in [6.45, 7) is 1.61. The van der Waals surface area contributed by atoms with Crippen molar-refractivity contribution in [2.75, 3.05) is 14.2 Å². The van der Waals surface area contributed by atoms with Crippen molar-refractivity contribution in [2.24, 2.45) is 0 Å². The van der Waals surface area contributed by atoms with Gasteiger partial charge in [0.25, 0.3) is 11.8 Å². The smallest absolute Gasteiger partial charge is 0.271 e. The Hall–Kier alpha value is -4.44. The summed E-state index contributed by atoms with van der Waals surface area (Å²) in [4.78, 5) is 26.1. The third-order valence-corrected chi connectivity index (χ3v) is 5.37. The van der Waals surface area contributed by atoms with E-state index in [2.05, 4.69) is 0 Å².